The van der Waals surface area contributed by atoms with Crippen LogP contribution in [0.5, 0.6) is 0 Å². The molecule has 0 fully saturated rings. The van der Waals surface area contributed by atoms with Crippen molar-refractivity contribution in [1.29, 1.82) is 0 Å². The van der Waals surface area contributed by atoms with Crippen molar-refractivity contribution in [3.05, 3.63) is 119 Å². The molecular formula is C28H28O4ReSb. The zero-order valence-electron chi connectivity index (χ0n) is 19.7. The average Bonchev–Trinajstić information content (AvgIpc) is 2.79. The van der Waals surface area contributed by atoms with Crippen molar-refractivity contribution in [2.24, 2.45) is 0 Å². The first-order chi connectivity index (χ1) is 16.0. The Morgan fingerprint density at radius 3 is 0.824 bits per heavy atom. The molecule has 0 radical (unpaired) electrons. The van der Waals surface area contributed by atoms with E-state index in [1.165, 1.54) is 0 Å². The molecule has 0 aliphatic carbocycles. The molecule has 4 rings (SSSR count). The Hall–Kier alpha value is -2.28. The summed E-state index contributed by atoms with van der Waals surface area (Å²) in [6, 6.07) is 31.1. The summed E-state index contributed by atoms with van der Waals surface area (Å²) in [5, 5.41) is 0. The Morgan fingerprint density at radius 1 is 0.441 bits per heavy atom. The maximum absolute atomic E-state index is 12.8. The molecule has 0 aliphatic rings. The number of benzene rings is 4. The van der Waals surface area contributed by atoms with Gasteiger partial charge in [0.25, 0.3) is 0 Å². The topological polar surface area (TPSA) is 60.4 Å². The SMILES string of the molecule is Cc1cc[c]([Sb]([O][Re](=[O])(=[O])=[O])([c]2ccc(C)cc2)([c]2ccc(C)cc2)[c]2ccc(C)cc2)cc1. The maximum atomic E-state index is 12.8. The Labute approximate surface area is 205 Å². The molecule has 4 nitrogen and oxygen atoms in total. The fraction of sp³-hybridized carbons (Fsp3) is 0.143. The Bertz CT molecular complexity index is 1280. The van der Waals surface area contributed by atoms with Crippen LogP contribution in [0.4, 0.5) is 0 Å². The van der Waals surface area contributed by atoms with Gasteiger partial charge in [0.05, 0.1) is 0 Å². The van der Waals surface area contributed by atoms with Crippen molar-refractivity contribution in [3.8, 4) is 0 Å². The fourth-order valence-corrected chi connectivity index (χ4v) is 35.5. The van der Waals surface area contributed by atoms with Gasteiger partial charge in [-0.3, -0.25) is 0 Å². The standard InChI is InChI=1S/4C7H7.4O.Re.Sb/c4*1-7-5-3-2-4-6-7;;;;;;/h4*3-6H,1H3;;;;;;. The average molecular weight is 736 g/mol. The van der Waals surface area contributed by atoms with E-state index in [9.17, 15) is 10.4 Å². The van der Waals surface area contributed by atoms with Crippen LogP contribution in [0.2, 0.25) is 0 Å². The van der Waals surface area contributed by atoms with Crippen LogP contribution in [0, 0.1) is 27.7 Å². The van der Waals surface area contributed by atoms with E-state index >= 15 is 0 Å². The first kappa shape index (κ1) is 24.8. The molecule has 4 aromatic rings. The van der Waals surface area contributed by atoms with Crippen molar-refractivity contribution in [2.45, 2.75) is 27.7 Å². The molecule has 0 spiro atoms. The summed E-state index contributed by atoms with van der Waals surface area (Å²) in [6.07, 6.45) is 0. The Kier molecular flexibility index (Phi) is 6.62. The van der Waals surface area contributed by atoms with Gasteiger partial charge in [-0.15, -0.1) is 0 Å². The van der Waals surface area contributed by atoms with Gasteiger partial charge in [-0.1, -0.05) is 0 Å². The van der Waals surface area contributed by atoms with Crippen LogP contribution < -0.4 is 14.0 Å². The van der Waals surface area contributed by atoms with Gasteiger partial charge < -0.3 is 0 Å². The Balaban J connectivity index is 2.36. The van der Waals surface area contributed by atoms with E-state index in [0.29, 0.717) is 0 Å². The summed E-state index contributed by atoms with van der Waals surface area (Å²) in [7, 11) is 0. The van der Waals surface area contributed by atoms with Gasteiger partial charge >= 0.3 is 207 Å². The zero-order chi connectivity index (χ0) is 24.6. The van der Waals surface area contributed by atoms with Crippen molar-refractivity contribution >= 4 is 31.9 Å². The van der Waals surface area contributed by atoms with Crippen molar-refractivity contribution < 1.29 is 27.9 Å². The van der Waals surface area contributed by atoms with Crippen LogP contribution in [0.25, 0.3) is 0 Å². The first-order valence-corrected chi connectivity index (χ1v) is 21.6. The third-order valence-electron chi connectivity index (χ3n) is 6.33. The third-order valence-corrected chi connectivity index (χ3v) is 33.0. The van der Waals surface area contributed by atoms with E-state index < -0.39 is 33.6 Å². The number of hydrogen-bond acceptors (Lipinski definition) is 4. The molecule has 0 unspecified atom stereocenters. The number of hydrogen-bond donors (Lipinski definition) is 0. The second kappa shape index (κ2) is 9.06. The molecule has 176 valence electrons. The molecule has 4 aromatic carbocycles. The normalized spacial score (nSPS) is 13.2. The van der Waals surface area contributed by atoms with Crippen LogP contribution in [0.1, 0.15) is 22.3 Å². The van der Waals surface area contributed by atoms with Crippen molar-refractivity contribution in [1.82, 2.24) is 0 Å². The van der Waals surface area contributed by atoms with Gasteiger partial charge in [0.2, 0.25) is 0 Å². The zero-order valence-corrected chi connectivity index (χ0v) is 25.0. The van der Waals surface area contributed by atoms with Crippen molar-refractivity contribution in [3.63, 3.8) is 0 Å². The van der Waals surface area contributed by atoms with E-state index in [2.05, 4.69) is 0 Å². The van der Waals surface area contributed by atoms with Crippen LogP contribution in [0.15, 0.2) is 97.1 Å². The molecule has 0 amide bonds. The summed E-state index contributed by atoms with van der Waals surface area (Å²) in [6.45, 7) is 7.92. The van der Waals surface area contributed by atoms with Gasteiger partial charge in [0.15, 0.2) is 0 Å². The summed E-state index contributed by atoms with van der Waals surface area (Å²) >= 11 is -12.2. The van der Waals surface area contributed by atoms with E-state index in [-0.39, 0.29) is 0 Å². The third kappa shape index (κ3) is 4.17. The van der Waals surface area contributed by atoms with E-state index in [1.807, 2.05) is 125 Å². The van der Waals surface area contributed by atoms with Crippen LogP contribution in [-0.4, -0.2) is 17.8 Å². The van der Waals surface area contributed by atoms with Crippen LogP contribution >= 0.6 is 0 Å². The second-order valence-corrected chi connectivity index (χ2v) is 27.1. The van der Waals surface area contributed by atoms with Gasteiger partial charge in [-0.2, -0.15) is 0 Å². The molecule has 0 saturated carbocycles. The minimum atomic E-state index is -6.57. The van der Waals surface area contributed by atoms with E-state index in [1.54, 1.807) is 0 Å². The summed E-state index contributed by atoms with van der Waals surface area (Å²) < 4.78 is 47.7. The van der Waals surface area contributed by atoms with Gasteiger partial charge in [0.1, 0.15) is 0 Å². The predicted octanol–water partition coefficient (Wildman–Crippen LogP) is 3.87. The Morgan fingerprint density at radius 2 is 0.647 bits per heavy atom. The summed E-state index contributed by atoms with van der Waals surface area (Å²) in [4.78, 5) is 0. The molecule has 0 aromatic heterocycles. The molecule has 0 aliphatic heterocycles. The quantitative estimate of drug-likeness (QED) is 0.283. The molecule has 0 heterocycles. The van der Waals surface area contributed by atoms with Crippen molar-refractivity contribution in [2.75, 3.05) is 0 Å². The van der Waals surface area contributed by atoms with Gasteiger partial charge in [0, 0.05) is 0 Å². The van der Waals surface area contributed by atoms with Crippen LogP contribution in [0.3, 0.4) is 0 Å². The molecule has 0 atom stereocenters. The minimum absolute atomic E-state index is 0.747. The molecule has 0 bridgehead atoms. The number of rotatable bonds is 6. The molecule has 0 saturated heterocycles. The van der Waals surface area contributed by atoms with E-state index in [0.717, 1.165) is 36.3 Å². The summed E-state index contributed by atoms with van der Waals surface area (Å²) in [5.74, 6) is 0. The monoisotopic (exact) mass is 736 g/mol. The molecule has 6 heteroatoms. The fourth-order valence-electron chi connectivity index (χ4n) is 4.54. The molecular weight excluding hydrogens is 708 g/mol. The number of aryl methyl sites for hydroxylation is 4. The molecule has 0 N–H and O–H groups in total. The van der Waals surface area contributed by atoms with E-state index in [4.69, 9.17) is 1.74 Å². The second-order valence-electron chi connectivity index (χ2n) is 8.83. The first-order valence-electron chi connectivity index (χ1n) is 11.0. The summed E-state index contributed by atoms with van der Waals surface area (Å²) in [5.41, 5.74) is 4.15. The predicted molar refractivity (Wildman–Crippen MR) is 132 cm³/mol. The molecule has 34 heavy (non-hydrogen) atoms. The van der Waals surface area contributed by atoms with Gasteiger partial charge in [-0.05, 0) is 0 Å². The van der Waals surface area contributed by atoms with Crippen LogP contribution in [-0.2, 0) is 27.9 Å². The van der Waals surface area contributed by atoms with Gasteiger partial charge in [-0.25, -0.2) is 0 Å².